The Morgan fingerprint density at radius 2 is 1.93 bits per heavy atom. The van der Waals surface area contributed by atoms with E-state index in [0.29, 0.717) is 11.5 Å². The molecular formula is C24H25NO4S. The molecule has 0 saturated heterocycles. The van der Waals surface area contributed by atoms with E-state index >= 15 is 0 Å². The second kappa shape index (κ2) is 8.50. The number of fused-ring (bicyclic) bond motifs is 1. The van der Waals surface area contributed by atoms with Crippen molar-refractivity contribution in [3.05, 3.63) is 82.0 Å². The zero-order chi connectivity index (χ0) is 21.1. The molecular weight excluding hydrogens is 398 g/mol. The molecule has 2 aromatic carbocycles. The lowest BCUT2D eigenvalue weighted by atomic mass is 9.87. The number of hydrogen-bond acceptors (Lipinski definition) is 6. The van der Waals surface area contributed by atoms with Gasteiger partial charge < -0.3 is 19.5 Å². The Labute approximate surface area is 180 Å². The van der Waals surface area contributed by atoms with E-state index in [0.717, 1.165) is 22.6 Å². The minimum Gasteiger partial charge on any atom is -0.483 e. The maximum Gasteiger partial charge on any atom is 0.348 e. The number of anilines is 1. The molecule has 2 heterocycles. The number of thiophene rings is 1. The van der Waals surface area contributed by atoms with Crippen LogP contribution in [-0.4, -0.2) is 24.7 Å². The first-order valence-corrected chi connectivity index (χ1v) is 10.8. The molecule has 1 aliphatic rings. The van der Waals surface area contributed by atoms with Crippen LogP contribution in [-0.2, 0) is 16.1 Å². The van der Waals surface area contributed by atoms with E-state index < -0.39 is 17.8 Å². The second-order valence-corrected chi connectivity index (χ2v) is 8.68. The summed E-state index contributed by atoms with van der Waals surface area (Å²) in [6.45, 7) is 4.25. The van der Waals surface area contributed by atoms with Crippen molar-refractivity contribution in [1.29, 1.82) is 0 Å². The van der Waals surface area contributed by atoms with Crippen LogP contribution >= 0.6 is 11.3 Å². The van der Waals surface area contributed by atoms with Gasteiger partial charge in [0.2, 0.25) is 0 Å². The van der Waals surface area contributed by atoms with Crippen LogP contribution in [0.1, 0.15) is 40.8 Å². The van der Waals surface area contributed by atoms with Crippen molar-refractivity contribution in [2.75, 3.05) is 12.4 Å². The summed E-state index contributed by atoms with van der Waals surface area (Å²) in [7, 11) is 1.86. The number of ether oxygens (including phenoxy) is 3. The van der Waals surface area contributed by atoms with Crippen molar-refractivity contribution in [2.45, 2.75) is 38.3 Å². The van der Waals surface area contributed by atoms with Crippen LogP contribution in [0.25, 0.3) is 0 Å². The van der Waals surface area contributed by atoms with Gasteiger partial charge in [-0.15, -0.1) is 11.3 Å². The Kier molecular flexibility index (Phi) is 5.79. The highest BCUT2D eigenvalue weighted by atomic mass is 32.1. The maximum absolute atomic E-state index is 12.8. The number of hydrogen-bond donors (Lipinski definition) is 1. The molecule has 5 nitrogen and oxygen atoms in total. The Bertz CT molecular complexity index is 1000. The van der Waals surface area contributed by atoms with Crippen LogP contribution in [0.5, 0.6) is 5.75 Å². The average Bonchev–Trinajstić information content (AvgIpc) is 3.29. The van der Waals surface area contributed by atoms with E-state index in [2.05, 4.69) is 5.32 Å². The highest BCUT2D eigenvalue weighted by Gasteiger charge is 2.47. The topological polar surface area (TPSA) is 56.8 Å². The number of carbonyl (C=O) groups is 1. The number of esters is 1. The van der Waals surface area contributed by atoms with Gasteiger partial charge in [0, 0.05) is 18.3 Å². The molecule has 2 atom stereocenters. The van der Waals surface area contributed by atoms with Gasteiger partial charge in [-0.25, -0.2) is 4.79 Å². The summed E-state index contributed by atoms with van der Waals surface area (Å²) in [5.41, 5.74) is 2.09. The van der Waals surface area contributed by atoms with E-state index in [1.807, 2.05) is 80.9 Å². The van der Waals surface area contributed by atoms with Gasteiger partial charge in [0.1, 0.15) is 22.3 Å². The van der Waals surface area contributed by atoms with Gasteiger partial charge in [-0.2, -0.15) is 0 Å². The Morgan fingerprint density at radius 1 is 1.13 bits per heavy atom. The Balaban J connectivity index is 1.69. The predicted molar refractivity (Wildman–Crippen MR) is 118 cm³/mol. The smallest absolute Gasteiger partial charge is 0.348 e. The summed E-state index contributed by atoms with van der Waals surface area (Å²) < 4.78 is 18.6. The molecule has 0 amide bonds. The van der Waals surface area contributed by atoms with Crippen molar-refractivity contribution >= 4 is 23.0 Å². The third-order valence-corrected chi connectivity index (χ3v) is 6.02. The lowest BCUT2D eigenvalue weighted by Gasteiger charge is -2.43. The zero-order valence-electron chi connectivity index (χ0n) is 17.3. The Hall–Kier alpha value is -2.83. The molecule has 30 heavy (non-hydrogen) atoms. The van der Waals surface area contributed by atoms with Gasteiger partial charge in [-0.05, 0) is 49.1 Å². The van der Waals surface area contributed by atoms with Crippen molar-refractivity contribution in [3.63, 3.8) is 0 Å². The van der Waals surface area contributed by atoms with Crippen molar-refractivity contribution in [2.24, 2.45) is 0 Å². The van der Waals surface area contributed by atoms with Crippen LogP contribution in [0.3, 0.4) is 0 Å². The molecule has 1 N–H and O–H groups in total. The van der Waals surface area contributed by atoms with Gasteiger partial charge >= 0.3 is 5.97 Å². The molecule has 0 fully saturated rings. The SMILES string of the molecule is CNc1ccc2c(c1)C(OCc1ccccc1)C(OC(=O)c1cccs1)C(C)(C)O2. The molecule has 0 bridgehead atoms. The fraction of sp³-hybridized carbons (Fsp3) is 0.292. The molecule has 156 valence electrons. The summed E-state index contributed by atoms with van der Waals surface area (Å²) in [5, 5.41) is 5.01. The average molecular weight is 424 g/mol. The third-order valence-electron chi connectivity index (χ3n) is 5.17. The lowest BCUT2D eigenvalue weighted by molar-refractivity contribution is -0.143. The third kappa shape index (κ3) is 4.20. The number of rotatable bonds is 6. The van der Waals surface area contributed by atoms with Crippen molar-refractivity contribution in [1.82, 2.24) is 0 Å². The normalized spacial score (nSPS) is 19.4. The minimum absolute atomic E-state index is 0.367. The Morgan fingerprint density at radius 3 is 2.63 bits per heavy atom. The molecule has 4 rings (SSSR count). The lowest BCUT2D eigenvalue weighted by Crippen LogP contribution is -2.51. The van der Waals surface area contributed by atoms with Crippen LogP contribution in [0.15, 0.2) is 66.0 Å². The second-order valence-electron chi connectivity index (χ2n) is 7.73. The van der Waals surface area contributed by atoms with Gasteiger partial charge in [0.25, 0.3) is 0 Å². The van der Waals surface area contributed by atoms with Gasteiger partial charge in [-0.3, -0.25) is 0 Å². The first-order chi connectivity index (χ1) is 14.5. The summed E-state index contributed by atoms with van der Waals surface area (Å²) in [6, 6.07) is 19.4. The van der Waals surface area contributed by atoms with Crippen LogP contribution in [0, 0.1) is 0 Å². The van der Waals surface area contributed by atoms with Gasteiger partial charge in [-0.1, -0.05) is 36.4 Å². The highest BCUT2D eigenvalue weighted by molar-refractivity contribution is 7.11. The van der Waals surface area contributed by atoms with E-state index in [4.69, 9.17) is 14.2 Å². The van der Waals surface area contributed by atoms with E-state index in [9.17, 15) is 4.79 Å². The fourth-order valence-corrected chi connectivity index (χ4v) is 4.20. The number of carbonyl (C=O) groups excluding carboxylic acids is 1. The summed E-state index contributed by atoms with van der Waals surface area (Å²) in [5.74, 6) is 0.369. The van der Waals surface area contributed by atoms with Gasteiger partial charge in [0.15, 0.2) is 6.10 Å². The molecule has 0 spiro atoms. The first kappa shape index (κ1) is 20.4. The number of benzene rings is 2. The molecule has 0 aliphatic carbocycles. The van der Waals surface area contributed by atoms with E-state index in [-0.39, 0.29) is 5.97 Å². The fourth-order valence-electron chi connectivity index (χ4n) is 3.60. The van der Waals surface area contributed by atoms with Crippen molar-refractivity contribution in [3.8, 4) is 5.75 Å². The molecule has 0 saturated carbocycles. The summed E-state index contributed by atoms with van der Waals surface area (Å²) in [4.78, 5) is 13.3. The molecule has 2 unspecified atom stereocenters. The largest absolute Gasteiger partial charge is 0.483 e. The molecule has 3 aromatic rings. The van der Waals surface area contributed by atoms with Crippen molar-refractivity contribution < 1.29 is 19.0 Å². The van der Waals surface area contributed by atoms with E-state index in [1.165, 1.54) is 11.3 Å². The quantitative estimate of drug-likeness (QED) is 0.535. The number of nitrogens with one attached hydrogen (secondary N) is 1. The molecule has 1 aliphatic heterocycles. The minimum atomic E-state index is -0.761. The zero-order valence-corrected chi connectivity index (χ0v) is 18.1. The standard InChI is InChI=1S/C24H25NO4S/c1-24(2)22(28-23(26)20-10-7-13-30-20)21(27-15-16-8-5-4-6-9-16)18-14-17(25-3)11-12-19(18)29-24/h4-14,21-22,25H,15H2,1-3H3. The summed E-state index contributed by atoms with van der Waals surface area (Å²) >= 11 is 1.36. The maximum atomic E-state index is 12.8. The highest BCUT2D eigenvalue weighted by Crippen LogP contribution is 2.45. The molecule has 0 radical (unpaired) electrons. The van der Waals surface area contributed by atoms with Crippen LogP contribution in [0.4, 0.5) is 5.69 Å². The monoisotopic (exact) mass is 423 g/mol. The van der Waals surface area contributed by atoms with Crippen LogP contribution in [0.2, 0.25) is 0 Å². The predicted octanol–water partition coefficient (Wildman–Crippen LogP) is 5.44. The van der Waals surface area contributed by atoms with Gasteiger partial charge in [0.05, 0.1) is 6.61 Å². The molecule has 1 aromatic heterocycles. The van der Waals surface area contributed by atoms with Crippen LogP contribution < -0.4 is 10.1 Å². The summed E-state index contributed by atoms with van der Waals surface area (Å²) in [6.07, 6.45) is -1.09. The molecule has 6 heteroatoms. The van der Waals surface area contributed by atoms with E-state index in [1.54, 1.807) is 6.07 Å². The first-order valence-electron chi connectivity index (χ1n) is 9.88.